The first-order valence-electron chi connectivity index (χ1n) is 8.05. The maximum atomic E-state index is 13.9. The number of benzene rings is 2. The first kappa shape index (κ1) is 19.3. The van der Waals surface area contributed by atoms with Crippen LogP contribution in [0, 0.1) is 0 Å². The zero-order valence-corrected chi connectivity index (χ0v) is 14.2. The van der Waals surface area contributed by atoms with Gasteiger partial charge in [0, 0.05) is 5.56 Å². The third-order valence-corrected chi connectivity index (χ3v) is 3.74. The molecular formula is C18H14F4N4O2. The quantitative estimate of drug-likeness (QED) is 0.491. The van der Waals surface area contributed by atoms with Crippen LogP contribution in [-0.4, -0.2) is 34.1 Å². The van der Waals surface area contributed by atoms with Crippen LogP contribution in [0.25, 0.3) is 17.1 Å². The van der Waals surface area contributed by atoms with E-state index in [0.717, 1.165) is 0 Å². The van der Waals surface area contributed by atoms with Gasteiger partial charge >= 0.3 is 6.36 Å². The lowest BCUT2D eigenvalue weighted by Crippen LogP contribution is -2.17. The topological polar surface area (TPSA) is 69.0 Å². The van der Waals surface area contributed by atoms with E-state index in [9.17, 15) is 22.4 Å². The minimum absolute atomic E-state index is 0.121. The summed E-state index contributed by atoms with van der Waals surface area (Å²) >= 11 is 0. The Morgan fingerprint density at radius 3 is 2.39 bits per heavy atom. The van der Waals surface area contributed by atoms with Gasteiger partial charge in [0.15, 0.2) is 5.82 Å². The number of alkyl halides is 4. The molecular weight excluding hydrogens is 380 g/mol. The van der Waals surface area contributed by atoms with E-state index in [0.29, 0.717) is 29.0 Å². The van der Waals surface area contributed by atoms with Crippen molar-refractivity contribution in [3.05, 3.63) is 60.4 Å². The van der Waals surface area contributed by atoms with E-state index in [1.165, 1.54) is 35.3 Å². The smallest absolute Gasteiger partial charge is 0.406 e. The van der Waals surface area contributed by atoms with E-state index in [4.69, 9.17) is 0 Å². The molecule has 0 aliphatic heterocycles. The molecule has 0 bridgehead atoms. The Balaban J connectivity index is 1.72. The number of aromatic nitrogens is 3. The van der Waals surface area contributed by atoms with E-state index < -0.39 is 12.5 Å². The molecule has 3 aromatic rings. The van der Waals surface area contributed by atoms with Gasteiger partial charge < -0.3 is 10.1 Å². The third kappa shape index (κ3) is 4.84. The van der Waals surface area contributed by atoms with Crippen LogP contribution in [0.3, 0.4) is 0 Å². The van der Waals surface area contributed by atoms with Gasteiger partial charge in [-0.2, -0.15) is 0 Å². The second-order valence-corrected chi connectivity index (χ2v) is 5.67. The summed E-state index contributed by atoms with van der Waals surface area (Å²) in [6, 6.07) is 11.6. The molecule has 1 unspecified atom stereocenters. The van der Waals surface area contributed by atoms with Crippen molar-refractivity contribution >= 4 is 6.41 Å². The van der Waals surface area contributed by atoms with E-state index in [2.05, 4.69) is 20.1 Å². The van der Waals surface area contributed by atoms with Gasteiger partial charge in [-0.25, -0.2) is 14.1 Å². The normalized spacial score (nSPS) is 12.4. The van der Waals surface area contributed by atoms with Crippen LogP contribution in [0.1, 0.15) is 11.7 Å². The molecule has 10 heteroatoms. The second-order valence-electron chi connectivity index (χ2n) is 5.67. The maximum absolute atomic E-state index is 13.9. The molecule has 1 amide bonds. The number of nitrogens with zero attached hydrogens (tertiary/aromatic N) is 3. The lowest BCUT2D eigenvalue weighted by atomic mass is 10.1. The number of nitrogens with one attached hydrogen (secondary N) is 1. The summed E-state index contributed by atoms with van der Waals surface area (Å²) < 4.78 is 55.7. The highest BCUT2D eigenvalue weighted by atomic mass is 19.4. The standard InChI is InChI=1S/C18H14F4N4O2/c19-16(9-23-11-27)12-1-3-13(4-2-12)17-24-10-26(25-17)14-5-7-15(8-6-14)28-18(20,21)22/h1-8,10-11,16H,9H2,(H,23,27). The van der Waals surface area contributed by atoms with Crippen molar-refractivity contribution in [2.24, 2.45) is 0 Å². The van der Waals surface area contributed by atoms with Crippen molar-refractivity contribution in [1.82, 2.24) is 20.1 Å². The fraction of sp³-hybridized carbons (Fsp3) is 0.167. The van der Waals surface area contributed by atoms with Gasteiger partial charge in [0.1, 0.15) is 18.2 Å². The van der Waals surface area contributed by atoms with Crippen LogP contribution >= 0.6 is 0 Å². The Bertz CT molecular complexity index is 924. The van der Waals surface area contributed by atoms with Crippen molar-refractivity contribution in [2.75, 3.05) is 6.54 Å². The maximum Gasteiger partial charge on any atom is 0.573 e. The predicted octanol–water partition coefficient (Wildman–Crippen LogP) is 3.59. The second kappa shape index (κ2) is 8.07. The fourth-order valence-corrected chi connectivity index (χ4v) is 2.43. The molecule has 0 saturated heterocycles. The number of halogens is 4. The Hall–Kier alpha value is -3.43. The lowest BCUT2D eigenvalue weighted by molar-refractivity contribution is -0.274. The molecule has 0 aliphatic rings. The SMILES string of the molecule is O=CNCC(F)c1ccc(-c2ncn(-c3ccc(OC(F)(F)F)cc3)n2)cc1. The van der Waals surface area contributed by atoms with Crippen LogP contribution in [0.15, 0.2) is 54.9 Å². The molecule has 1 N–H and O–H groups in total. The Morgan fingerprint density at radius 2 is 1.79 bits per heavy atom. The summed E-state index contributed by atoms with van der Waals surface area (Å²) in [4.78, 5) is 14.4. The van der Waals surface area contributed by atoms with Gasteiger partial charge in [0.2, 0.25) is 6.41 Å². The lowest BCUT2D eigenvalue weighted by Gasteiger charge is -2.09. The largest absolute Gasteiger partial charge is 0.573 e. The number of ether oxygens (including phenoxy) is 1. The summed E-state index contributed by atoms with van der Waals surface area (Å²) in [5, 5.41) is 6.54. The molecule has 2 aromatic carbocycles. The van der Waals surface area contributed by atoms with E-state index in [1.807, 2.05) is 0 Å². The van der Waals surface area contributed by atoms with E-state index >= 15 is 0 Å². The predicted molar refractivity (Wildman–Crippen MR) is 91.4 cm³/mol. The molecule has 0 aliphatic carbocycles. The van der Waals surface area contributed by atoms with Gasteiger partial charge in [-0.15, -0.1) is 18.3 Å². The summed E-state index contributed by atoms with van der Waals surface area (Å²) in [6.07, 6.45) is -4.24. The van der Waals surface area contributed by atoms with E-state index in [-0.39, 0.29) is 12.3 Å². The van der Waals surface area contributed by atoms with E-state index in [1.54, 1.807) is 24.3 Å². The Morgan fingerprint density at radius 1 is 1.11 bits per heavy atom. The van der Waals surface area contributed by atoms with Crippen LogP contribution in [0.5, 0.6) is 5.75 Å². The number of hydrogen-bond acceptors (Lipinski definition) is 4. The molecule has 0 saturated carbocycles. The molecule has 0 radical (unpaired) electrons. The van der Waals surface area contributed by atoms with Crippen LogP contribution in [0.4, 0.5) is 17.6 Å². The van der Waals surface area contributed by atoms with Crippen LogP contribution in [-0.2, 0) is 4.79 Å². The number of hydrogen-bond donors (Lipinski definition) is 1. The summed E-state index contributed by atoms with van der Waals surface area (Å²) in [7, 11) is 0. The molecule has 146 valence electrons. The zero-order valence-electron chi connectivity index (χ0n) is 14.2. The Kier molecular flexibility index (Phi) is 5.57. The highest BCUT2D eigenvalue weighted by Gasteiger charge is 2.31. The van der Waals surface area contributed by atoms with Gasteiger partial charge in [0.25, 0.3) is 0 Å². The molecule has 1 aromatic heterocycles. The van der Waals surface area contributed by atoms with Crippen molar-refractivity contribution in [3.8, 4) is 22.8 Å². The minimum Gasteiger partial charge on any atom is -0.406 e. The monoisotopic (exact) mass is 394 g/mol. The molecule has 28 heavy (non-hydrogen) atoms. The van der Waals surface area contributed by atoms with Gasteiger partial charge in [-0.3, -0.25) is 4.79 Å². The molecule has 0 spiro atoms. The highest BCUT2D eigenvalue weighted by molar-refractivity contribution is 5.55. The highest BCUT2D eigenvalue weighted by Crippen LogP contribution is 2.24. The van der Waals surface area contributed by atoms with Crippen molar-refractivity contribution < 1.29 is 27.1 Å². The van der Waals surface area contributed by atoms with Gasteiger partial charge in [-0.05, 0) is 29.8 Å². The number of rotatable bonds is 7. The first-order valence-corrected chi connectivity index (χ1v) is 8.05. The summed E-state index contributed by atoms with van der Waals surface area (Å²) in [5.41, 5.74) is 1.53. The van der Waals surface area contributed by atoms with Crippen molar-refractivity contribution in [1.29, 1.82) is 0 Å². The fourth-order valence-electron chi connectivity index (χ4n) is 2.43. The summed E-state index contributed by atoms with van der Waals surface area (Å²) in [5.74, 6) is 0.0283. The van der Waals surface area contributed by atoms with Crippen LogP contribution in [0.2, 0.25) is 0 Å². The first-order chi connectivity index (χ1) is 13.4. The molecule has 1 atom stereocenters. The average molecular weight is 394 g/mol. The van der Waals surface area contributed by atoms with Crippen molar-refractivity contribution in [3.63, 3.8) is 0 Å². The summed E-state index contributed by atoms with van der Waals surface area (Å²) in [6.45, 7) is -0.121. The minimum atomic E-state index is -4.75. The van der Waals surface area contributed by atoms with Gasteiger partial charge in [0.05, 0.1) is 12.2 Å². The number of carbonyl (C=O) groups is 1. The molecule has 6 nitrogen and oxygen atoms in total. The molecule has 0 fully saturated rings. The zero-order chi connectivity index (χ0) is 20.1. The average Bonchev–Trinajstić information content (AvgIpc) is 3.16. The molecule has 1 heterocycles. The van der Waals surface area contributed by atoms with Gasteiger partial charge in [-0.1, -0.05) is 24.3 Å². The Labute approximate surface area is 156 Å². The molecule has 3 rings (SSSR count). The number of carbonyl (C=O) groups excluding carboxylic acids is 1. The van der Waals surface area contributed by atoms with Crippen molar-refractivity contribution in [2.45, 2.75) is 12.5 Å². The third-order valence-electron chi connectivity index (χ3n) is 3.74. The van der Waals surface area contributed by atoms with Crippen LogP contribution < -0.4 is 10.1 Å². The number of amides is 1.